The van der Waals surface area contributed by atoms with E-state index in [1.807, 2.05) is 41.9 Å². The smallest absolute Gasteiger partial charge is 0.0838 e. The molecule has 0 amide bonds. The van der Waals surface area contributed by atoms with E-state index in [9.17, 15) is 0 Å². The van der Waals surface area contributed by atoms with E-state index in [-0.39, 0.29) is 0 Å². The topological polar surface area (TPSA) is 56.7 Å². The normalized spacial score (nSPS) is 14.7. The average molecular weight is 278 g/mol. The molecular formula is C17H18N4. The van der Waals surface area contributed by atoms with Crippen molar-refractivity contribution < 1.29 is 0 Å². The second-order valence-electron chi connectivity index (χ2n) is 5.83. The minimum Gasteiger partial charge on any atom is -0.398 e. The van der Waals surface area contributed by atoms with Crippen molar-refractivity contribution in [1.82, 2.24) is 14.8 Å². The lowest BCUT2D eigenvalue weighted by atomic mass is 10.1. The van der Waals surface area contributed by atoms with Crippen molar-refractivity contribution in [2.24, 2.45) is 0 Å². The van der Waals surface area contributed by atoms with Crippen molar-refractivity contribution in [1.29, 1.82) is 0 Å². The molecule has 1 saturated carbocycles. The summed E-state index contributed by atoms with van der Waals surface area (Å²) in [6, 6.07) is 12.2. The summed E-state index contributed by atoms with van der Waals surface area (Å²) in [5.74, 6) is 0.587. The van der Waals surface area contributed by atoms with E-state index < -0.39 is 0 Å². The van der Waals surface area contributed by atoms with Crippen LogP contribution >= 0.6 is 0 Å². The molecule has 0 spiro atoms. The van der Waals surface area contributed by atoms with Crippen LogP contribution in [0.4, 0.5) is 5.69 Å². The van der Waals surface area contributed by atoms with Crippen LogP contribution in [0.25, 0.3) is 10.9 Å². The molecule has 0 atom stereocenters. The third-order valence-electron chi connectivity index (χ3n) is 4.06. The van der Waals surface area contributed by atoms with Crippen LogP contribution in [0.15, 0.2) is 36.4 Å². The van der Waals surface area contributed by atoms with E-state index in [0.29, 0.717) is 12.5 Å². The van der Waals surface area contributed by atoms with Crippen molar-refractivity contribution in [3.8, 4) is 0 Å². The molecule has 1 fully saturated rings. The molecule has 0 bridgehead atoms. The van der Waals surface area contributed by atoms with E-state index in [1.165, 1.54) is 12.8 Å². The highest BCUT2D eigenvalue weighted by molar-refractivity contribution is 5.93. The van der Waals surface area contributed by atoms with Crippen LogP contribution in [0.1, 0.15) is 35.8 Å². The number of nitrogen functional groups attached to an aromatic ring is 1. The van der Waals surface area contributed by atoms with E-state index in [1.54, 1.807) is 0 Å². The Morgan fingerprint density at radius 2 is 2.00 bits per heavy atom. The lowest BCUT2D eigenvalue weighted by molar-refractivity contribution is 0.679. The summed E-state index contributed by atoms with van der Waals surface area (Å²) < 4.78 is 2.04. The monoisotopic (exact) mass is 278 g/mol. The summed E-state index contributed by atoms with van der Waals surface area (Å²) in [6.45, 7) is 2.70. The Morgan fingerprint density at radius 3 is 2.76 bits per heavy atom. The van der Waals surface area contributed by atoms with Crippen molar-refractivity contribution in [3.63, 3.8) is 0 Å². The fraction of sp³-hybridized carbons (Fsp3) is 0.294. The SMILES string of the molecule is Cc1cccc(Cn2nc(C3CC3)c3c(N)cccc32)n1. The van der Waals surface area contributed by atoms with Crippen LogP contribution in [-0.4, -0.2) is 14.8 Å². The number of hydrogen-bond acceptors (Lipinski definition) is 3. The molecule has 1 aliphatic rings. The first-order valence-corrected chi connectivity index (χ1v) is 7.40. The predicted octanol–water partition coefficient (Wildman–Crippen LogP) is 3.25. The van der Waals surface area contributed by atoms with Gasteiger partial charge in [-0.25, -0.2) is 0 Å². The quantitative estimate of drug-likeness (QED) is 0.748. The van der Waals surface area contributed by atoms with Gasteiger partial charge in [0.05, 0.1) is 23.4 Å². The summed E-state index contributed by atoms with van der Waals surface area (Å²) in [7, 11) is 0. The summed E-state index contributed by atoms with van der Waals surface area (Å²) in [5, 5.41) is 5.97. The van der Waals surface area contributed by atoms with Crippen LogP contribution < -0.4 is 5.73 Å². The Kier molecular flexibility index (Phi) is 2.70. The number of nitrogens with zero attached hydrogens (tertiary/aromatic N) is 3. The highest BCUT2D eigenvalue weighted by Crippen LogP contribution is 2.43. The van der Waals surface area contributed by atoms with Crippen molar-refractivity contribution in [3.05, 3.63) is 53.5 Å². The molecule has 4 nitrogen and oxygen atoms in total. The van der Waals surface area contributed by atoms with E-state index >= 15 is 0 Å². The molecule has 0 radical (unpaired) electrons. The standard InChI is InChI=1S/C17H18N4/c1-11-4-2-5-13(19-11)10-21-15-7-3-6-14(18)16(15)17(20-21)12-8-9-12/h2-7,12H,8-10,18H2,1H3. The Morgan fingerprint density at radius 1 is 1.19 bits per heavy atom. The molecule has 2 N–H and O–H groups in total. The first-order valence-electron chi connectivity index (χ1n) is 7.40. The van der Waals surface area contributed by atoms with Gasteiger partial charge in [-0.15, -0.1) is 0 Å². The highest BCUT2D eigenvalue weighted by atomic mass is 15.3. The number of hydrogen-bond donors (Lipinski definition) is 1. The predicted molar refractivity (Wildman–Crippen MR) is 84.2 cm³/mol. The van der Waals surface area contributed by atoms with Crippen LogP contribution in [0, 0.1) is 6.92 Å². The van der Waals surface area contributed by atoms with Gasteiger partial charge in [0.25, 0.3) is 0 Å². The second kappa shape index (κ2) is 4.58. The molecule has 106 valence electrons. The van der Waals surface area contributed by atoms with E-state index in [2.05, 4.69) is 11.1 Å². The molecule has 1 aromatic carbocycles. The summed E-state index contributed by atoms with van der Waals surface area (Å²) in [5.41, 5.74) is 11.4. The lowest BCUT2D eigenvalue weighted by Gasteiger charge is -2.04. The third kappa shape index (κ3) is 2.17. The summed E-state index contributed by atoms with van der Waals surface area (Å²) in [4.78, 5) is 4.58. The van der Waals surface area contributed by atoms with Crippen LogP contribution in [0.3, 0.4) is 0 Å². The van der Waals surface area contributed by atoms with Gasteiger partial charge >= 0.3 is 0 Å². The molecule has 3 aromatic rings. The van der Waals surface area contributed by atoms with Gasteiger partial charge < -0.3 is 5.73 Å². The van der Waals surface area contributed by atoms with Gasteiger partial charge in [0, 0.05) is 22.7 Å². The zero-order valence-electron chi connectivity index (χ0n) is 12.1. The first kappa shape index (κ1) is 12.4. The Balaban J connectivity index is 1.83. The average Bonchev–Trinajstić information content (AvgIpc) is 3.23. The molecule has 1 aliphatic carbocycles. The summed E-state index contributed by atoms with van der Waals surface area (Å²) in [6.07, 6.45) is 2.45. The number of fused-ring (bicyclic) bond motifs is 1. The Labute approximate surface area is 123 Å². The van der Waals surface area contributed by atoms with Crippen molar-refractivity contribution in [2.75, 3.05) is 5.73 Å². The number of anilines is 1. The summed E-state index contributed by atoms with van der Waals surface area (Å²) >= 11 is 0. The molecule has 0 saturated heterocycles. The number of rotatable bonds is 3. The minimum atomic E-state index is 0.587. The lowest BCUT2D eigenvalue weighted by Crippen LogP contribution is -2.04. The van der Waals surface area contributed by atoms with E-state index in [4.69, 9.17) is 10.8 Å². The molecule has 21 heavy (non-hydrogen) atoms. The molecule has 0 unspecified atom stereocenters. The van der Waals surface area contributed by atoms with Crippen molar-refractivity contribution in [2.45, 2.75) is 32.2 Å². The number of aryl methyl sites for hydroxylation is 1. The number of nitrogens with two attached hydrogens (primary N) is 1. The second-order valence-corrected chi connectivity index (χ2v) is 5.83. The highest BCUT2D eigenvalue weighted by Gasteiger charge is 2.29. The Bertz CT molecular complexity index is 815. The van der Waals surface area contributed by atoms with Gasteiger partial charge in [-0.3, -0.25) is 9.67 Å². The maximum Gasteiger partial charge on any atom is 0.0838 e. The van der Waals surface area contributed by atoms with Gasteiger partial charge in [0.2, 0.25) is 0 Å². The number of benzene rings is 1. The molecule has 4 rings (SSSR count). The van der Waals surface area contributed by atoms with Gasteiger partial charge in [-0.05, 0) is 44.0 Å². The number of pyridine rings is 1. The van der Waals surface area contributed by atoms with Crippen LogP contribution in [-0.2, 0) is 6.54 Å². The minimum absolute atomic E-state index is 0.587. The fourth-order valence-corrected chi connectivity index (χ4v) is 2.89. The first-order chi connectivity index (χ1) is 10.2. The fourth-order valence-electron chi connectivity index (χ4n) is 2.89. The van der Waals surface area contributed by atoms with Crippen molar-refractivity contribution >= 4 is 16.6 Å². The maximum atomic E-state index is 6.18. The van der Waals surface area contributed by atoms with Crippen LogP contribution in [0.2, 0.25) is 0 Å². The molecule has 0 aliphatic heterocycles. The van der Waals surface area contributed by atoms with E-state index in [0.717, 1.165) is 33.7 Å². The molecule has 4 heteroatoms. The van der Waals surface area contributed by atoms with Crippen LogP contribution in [0.5, 0.6) is 0 Å². The molecule has 2 aromatic heterocycles. The zero-order valence-corrected chi connectivity index (χ0v) is 12.1. The van der Waals surface area contributed by atoms with Gasteiger partial charge in [0.1, 0.15) is 0 Å². The Hall–Kier alpha value is -2.36. The third-order valence-corrected chi connectivity index (χ3v) is 4.06. The van der Waals surface area contributed by atoms with Gasteiger partial charge in [0.15, 0.2) is 0 Å². The van der Waals surface area contributed by atoms with Gasteiger partial charge in [-0.2, -0.15) is 5.10 Å². The zero-order chi connectivity index (χ0) is 14.4. The molecular weight excluding hydrogens is 260 g/mol. The molecule has 2 heterocycles. The largest absolute Gasteiger partial charge is 0.398 e. The van der Waals surface area contributed by atoms with Gasteiger partial charge in [-0.1, -0.05) is 12.1 Å². The maximum absolute atomic E-state index is 6.18. The number of aromatic nitrogens is 3.